The average Bonchev–Trinajstić information content (AvgIpc) is 3.55. The van der Waals surface area contributed by atoms with E-state index in [0.717, 1.165) is 5.69 Å². The summed E-state index contributed by atoms with van der Waals surface area (Å²) in [5, 5.41) is 14.0. The maximum Gasteiger partial charge on any atom is 0.272 e. The van der Waals surface area contributed by atoms with Crippen molar-refractivity contribution in [1.29, 1.82) is 5.26 Å². The van der Waals surface area contributed by atoms with Crippen LogP contribution in [0.2, 0.25) is 0 Å². The second-order valence-corrected chi connectivity index (χ2v) is 7.41. The lowest BCUT2D eigenvalue weighted by Gasteiger charge is -2.35. The highest BCUT2D eigenvalue weighted by atomic mass is 16.3. The van der Waals surface area contributed by atoms with Crippen LogP contribution < -0.4 is 4.90 Å². The Hall–Kier alpha value is -4.38. The number of para-hydroxylation sites is 1. The predicted molar refractivity (Wildman–Crippen MR) is 118 cm³/mol. The number of amides is 1. The first-order valence-electron chi connectivity index (χ1n) is 10.3. The number of hydrogen-bond acceptors (Lipinski definition) is 6. The smallest absolute Gasteiger partial charge is 0.272 e. The first kappa shape index (κ1) is 19.6. The lowest BCUT2D eigenvalue weighted by molar-refractivity contribution is 0.0737. The second-order valence-electron chi connectivity index (χ2n) is 7.41. The summed E-state index contributed by atoms with van der Waals surface area (Å²) in [6.45, 7) is 2.25. The van der Waals surface area contributed by atoms with E-state index in [9.17, 15) is 10.1 Å². The van der Waals surface area contributed by atoms with Gasteiger partial charge in [0.1, 0.15) is 23.3 Å². The Morgan fingerprint density at radius 1 is 1.00 bits per heavy atom. The van der Waals surface area contributed by atoms with Gasteiger partial charge in [0, 0.05) is 38.4 Å². The molecule has 0 saturated carbocycles. The summed E-state index contributed by atoms with van der Waals surface area (Å²) in [7, 11) is 0. The molecule has 0 unspecified atom stereocenters. The van der Waals surface area contributed by atoms with Gasteiger partial charge in [-0.2, -0.15) is 10.4 Å². The minimum absolute atomic E-state index is 0.0969. The fraction of sp³-hybridized carbons (Fsp3) is 0.167. The Morgan fingerprint density at radius 3 is 2.53 bits per heavy atom. The van der Waals surface area contributed by atoms with Gasteiger partial charge in [-0.1, -0.05) is 18.2 Å². The molecule has 0 bridgehead atoms. The van der Waals surface area contributed by atoms with Crippen LogP contribution in [-0.2, 0) is 0 Å². The van der Waals surface area contributed by atoms with E-state index in [4.69, 9.17) is 4.42 Å². The summed E-state index contributed by atoms with van der Waals surface area (Å²) in [5.41, 5.74) is 2.43. The molecule has 5 rings (SSSR count). The molecule has 1 amide bonds. The molecule has 0 aliphatic carbocycles. The topological polar surface area (TPSA) is 91.2 Å². The molecule has 158 valence electrons. The van der Waals surface area contributed by atoms with Gasteiger partial charge < -0.3 is 14.2 Å². The summed E-state index contributed by atoms with van der Waals surface area (Å²) in [5.74, 6) is 1.18. The van der Waals surface area contributed by atoms with Crippen molar-refractivity contribution in [2.24, 2.45) is 0 Å². The number of hydrogen-bond donors (Lipinski definition) is 0. The number of aromatic nitrogens is 3. The van der Waals surface area contributed by atoms with Crippen molar-refractivity contribution in [1.82, 2.24) is 19.7 Å². The van der Waals surface area contributed by atoms with Crippen LogP contribution in [0.4, 0.5) is 5.82 Å². The molecule has 1 aliphatic rings. The number of piperazine rings is 1. The molecular formula is C24H20N6O2. The Labute approximate surface area is 184 Å². The third-order valence-corrected chi connectivity index (χ3v) is 5.48. The highest BCUT2D eigenvalue weighted by Gasteiger charge is 2.27. The van der Waals surface area contributed by atoms with Gasteiger partial charge >= 0.3 is 0 Å². The highest BCUT2D eigenvalue weighted by molar-refractivity contribution is 5.94. The largest absolute Gasteiger partial charge is 0.463 e. The highest BCUT2D eigenvalue weighted by Crippen LogP contribution is 2.24. The van der Waals surface area contributed by atoms with Crippen molar-refractivity contribution >= 4 is 11.7 Å². The van der Waals surface area contributed by atoms with Crippen LogP contribution in [0.1, 0.15) is 16.1 Å². The summed E-state index contributed by atoms with van der Waals surface area (Å²) < 4.78 is 7.16. The van der Waals surface area contributed by atoms with Gasteiger partial charge in [-0.05, 0) is 36.4 Å². The Kier molecular flexibility index (Phi) is 5.14. The number of nitrogens with zero attached hydrogens (tertiary/aromatic N) is 6. The van der Waals surface area contributed by atoms with E-state index >= 15 is 0 Å². The zero-order valence-corrected chi connectivity index (χ0v) is 17.3. The third-order valence-electron chi connectivity index (χ3n) is 5.48. The van der Waals surface area contributed by atoms with Crippen LogP contribution in [0.25, 0.3) is 17.1 Å². The zero-order chi connectivity index (χ0) is 21.9. The molecule has 1 fully saturated rings. The van der Waals surface area contributed by atoms with E-state index in [1.54, 1.807) is 41.4 Å². The van der Waals surface area contributed by atoms with Crippen molar-refractivity contribution in [2.75, 3.05) is 31.1 Å². The maximum atomic E-state index is 13.5. The SMILES string of the molecule is N#Cc1cccnc1N1CCN(C(=O)c2cc(-c3ccco3)nn2-c2ccccc2)CC1. The Bertz CT molecular complexity index is 1270. The van der Waals surface area contributed by atoms with E-state index in [0.29, 0.717) is 54.7 Å². The van der Waals surface area contributed by atoms with E-state index in [2.05, 4.69) is 16.2 Å². The molecule has 8 nitrogen and oxygen atoms in total. The van der Waals surface area contributed by atoms with Gasteiger partial charge in [-0.25, -0.2) is 9.67 Å². The molecule has 4 aromatic rings. The quantitative estimate of drug-likeness (QED) is 0.499. The van der Waals surface area contributed by atoms with E-state index in [1.165, 1.54) is 0 Å². The number of pyridine rings is 1. The number of rotatable bonds is 4. The summed E-state index contributed by atoms with van der Waals surface area (Å²) >= 11 is 0. The van der Waals surface area contributed by atoms with Crippen LogP contribution in [0.15, 0.2) is 77.5 Å². The van der Waals surface area contributed by atoms with Gasteiger partial charge in [0.2, 0.25) is 0 Å². The summed E-state index contributed by atoms with van der Waals surface area (Å²) in [4.78, 5) is 21.7. The minimum Gasteiger partial charge on any atom is -0.463 e. The molecule has 3 aromatic heterocycles. The Morgan fingerprint density at radius 2 is 1.81 bits per heavy atom. The van der Waals surface area contributed by atoms with Gasteiger partial charge in [-0.3, -0.25) is 4.79 Å². The van der Waals surface area contributed by atoms with Crippen molar-refractivity contribution in [3.05, 3.63) is 84.4 Å². The molecule has 0 radical (unpaired) electrons. The minimum atomic E-state index is -0.0969. The fourth-order valence-electron chi connectivity index (χ4n) is 3.86. The molecular weight excluding hydrogens is 404 g/mol. The number of benzene rings is 1. The maximum absolute atomic E-state index is 13.5. The Balaban J connectivity index is 1.41. The monoisotopic (exact) mass is 424 g/mol. The first-order valence-corrected chi connectivity index (χ1v) is 10.3. The molecule has 1 saturated heterocycles. The standard InChI is InChI=1S/C24H20N6O2/c25-17-18-6-4-10-26-23(18)28-11-13-29(14-12-28)24(31)21-16-20(22-9-5-15-32-22)27-30(21)19-7-2-1-3-8-19/h1-10,15-16H,11-14H2. The van der Waals surface area contributed by atoms with Crippen LogP contribution in [0, 0.1) is 11.3 Å². The van der Waals surface area contributed by atoms with Crippen LogP contribution in [0.5, 0.6) is 0 Å². The summed E-state index contributed by atoms with van der Waals surface area (Å²) in [6, 6.07) is 20.7. The van der Waals surface area contributed by atoms with Crippen molar-refractivity contribution in [3.63, 3.8) is 0 Å². The van der Waals surface area contributed by atoms with Crippen molar-refractivity contribution in [2.45, 2.75) is 0 Å². The zero-order valence-electron chi connectivity index (χ0n) is 17.3. The average molecular weight is 424 g/mol. The van der Waals surface area contributed by atoms with Crippen LogP contribution in [0.3, 0.4) is 0 Å². The lowest BCUT2D eigenvalue weighted by Crippen LogP contribution is -2.49. The first-order chi connectivity index (χ1) is 15.7. The normalized spacial score (nSPS) is 13.7. The third kappa shape index (κ3) is 3.61. The predicted octanol–water partition coefficient (Wildman–Crippen LogP) is 3.36. The van der Waals surface area contributed by atoms with Crippen LogP contribution in [-0.4, -0.2) is 51.8 Å². The fourth-order valence-corrected chi connectivity index (χ4v) is 3.86. The van der Waals surface area contributed by atoms with Gasteiger partial charge in [-0.15, -0.1) is 0 Å². The molecule has 1 aliphatic heterocycles. The van der Waals surface area contributed by atoms with Crippen molar-refractivity contribution < 1.29 is 9.21 Å². The van der Waals surface area contributed by atoms with Gasteiger partial charge in [0.15, 0.2) is 5.76 Å². The lowest BCUT2D eigenvalue weighted by atomic mass is 10.2. The molecule has 4 heterocycles. The van der Waals surface area contributed by atoms with Crippen LogP contribution >= 0.6 is 0 Å². The molecule has 1 aromatic carbocycles. The molecule has 0 N–H and O–H groups in total. The number of furan rings is 1. The summed E-state index contributed by atoms with van der Waals surface area (Å²) in [6.07, 6.45) is 3.27. The number of carbonyl (C=O) groups is 1. The van der Waals surface area contributed by atoms with Gasteiger partial charge in [0.05, 0.1) is 17.5 Å². The molecule has 32 heavy (non-hydrogen) atoms. The number of nitriles is 1. The second kappa shape index (κ2) is 8.40. The van der Waals surface area contributed by atoms with Gasteiger partial charge in [0.25, 0.3) is 5.91 Å². The number of anilines is 1. The van der Waals surface area contributed by atoms with E-state index in [-0.39, 0.29) is 5.91 Å². The number of carbonyl (C=O) groups excluding carboxylic acids is 1. The van der Waals surface area contributed by atoms with E-state index < -0.39 is 0 Å². The molecule has 8 heteroatoms. The van der Waals surface area contributed by atoms with Crippen molar-refractivity contribution in [3.8, 4) is 23.2 Å². The van der Waals surface area contributed by atoms with E-state index in [1.807, 2.05) is 46.2 Å². The molecule has 0 atom stereocenters. The molecule has 0 spiro atoms.